The highest BCUT2D eigenvalue weighted by Crippen LogP contribution is 2.47. The molecule has 0 aromatic heterocycles. The Morgan fingerprint density at radius 3 is 1.70 bits per heavy atom. The van der Waals surface area contributed by atoms with Crippen LogP contribution in [0.2, 0.25) is 0 Å². The second kappa shape index (κ2) is 8.99. The third-order valence-electron chi connectivity index (χ3n) is 3.41. The van der Waals surface area contributed by atoms with Gasteiger partial charge in [-0.15, -0.1) is 0 Å². The molecule has 0 unspecified atom stereocenters. The number of hydrogen-bond acceptors (Lipinski definition) is 4. The number of benzene rings is 2. The van der Waals surface area contributed by atoms with E-state index in [4.69, 9.17) is 9.05 Å². The molecule has 23 heavy (non-hydrogen) atoms. The van der Waals surface area contributed by atoms with E-state index < -0.39 is 7.60 Å². The van der Waals surface area contributed by atoms with Crippen LogP contribution < -0.4 is 5.32 Å². The average molecular weight is 333 g/mol. The van der Waals surface area contributed by atoms with E-state index in [2.05, 4.69) is 29.6 Å². The molecular weight excluding hydrogens is 309 g/mol. The Balaban J connectivity index is 2.20. The molecule has 0 amide bonds. The Hall–Kier alpha value is -1.45. The first-order chi connectivity index (χ1) is 11.2. The summed E-state index contributed by atoms with van der Waals surface area (Å²) in [5.41, 5.74) is 2.22. The summed E-state index contributed by atoms with van der Waals surface area (Å²) in [6, 6.07) is 20.1. The zero-order chi connectivity index (χ0) is 16.5. The second-order valence-electron chi connectivity index (χ2n) is 5.06. The van der Waals surface area contributed by atoms with Gasteiger partial charge in [0.1, 0.15) is 0 Å². The van der Waals surface area contributed by atoms with Gasteiger partial charge in [-0.2, -0.15) is 0 Å². The fraction of sp³-hybridized carbons (Fsp3) is 0.333. The van der Waals surface area contributed by atoms with E-state index in [1.54, 1.807) is 0 Å². The van der Waals surface area contributed by atoms with E-state index >= 15 is 0 Å². The number of rotatable bonds is 9. The van der Waals surface area contributed by atoms with Gasteiger partial charge in [0.05, 0.1) is 25.5 Å². The van der Waals surface area contributed by atoms with Gasteiger partial charge in [0.15, 0.2) is 0 Å². The molecule has 0 atom stereocenters. The predicted octanol–water partition coefficient (Wildman–Crippen LogP) is 4.59. The van der Waals surface area contributed by atoms with Crippen LogP contribution in [0.15, 0.2) is 60.7 Å². The van der Waals surface area contributed by atoms with Crippen LogP contribution in [-0.4, -0.2) is 19.5 Å². The molecule has 5 heteroatoms. The van der Waals surface area contributed by atoms with E-state index in [0.29, 0.717) is 13.2 Å². The van der Waals surface area contributed by atoms with Crippen LogP contribution in [0.25, 0.3) is 0 Å². The zero-order valence-corrected chi connectivity index (χ0v) is 14.5. The van der Waals surface area contributed by atoms with E-state index in [0.717, 1.165) is 11.1 Å². The third-order valence-corrected chi connectivity index (χ3v) is 5.28. The molecule has 4 nitrogen and oxygen atoms in total. The molecule has 1 N–H and O–H groups in total. The summed E-state index contributed by atoms with van der Waals surface area (Å²) in [4.78, 5) is 0. The number of nitrogens with one attached hydrogen (secondary N) is 1. The lowest BCUT2D eigenvalue weighted by atomic mass is 9.99. The Kier molecular flexibility index (Phi) is 7.00. The number of hydrogen-bond donors (Lipinski definition) is 1. The smallest absolute Gasteiger partial charge is 0.308 e. The minimum Gasteiger partial charge on any atom is -0.308 e. The zero-order valence-electron chi connectivity index (χ0n) is 13.6. The first-order valence-electron chi connectivity index (χ1n) is 7.90. The van der Waals surface area contributed by atoms with Crippen molar-refractivity contribution in [2.45, 2.75) is 19.9 Å². The van der Waals surface area contributed by atoms with E-state index in [1.165, 1.54) is 0 Å². The first kappa shape index (κ1) is 17.9. The summed E-state index contributed by atoms with van der Waals surface area (Å²) in [6.45, 7) is 4.36. The minimum atomic E-state index is -3.13. The van der Waals surface area contributed by atoms with Crippen molar-refractivity contribution in [2.75, 3.05) is 19.5 Å². The largest absolute Gasteiger partial charge is 0.344 e. The first-order valence-corrected chi connectivity index (χ1v) is 9.62. The van der Waals surface area contributed by atoms with Crippen LogP contribution in [-0.2, 0) is 13.6 Å². The Labute approximate surface area is 138 Å². The summed E-state index contributed by atoms with van der Waals surface area (Å²) in [5, 5.41) is 3.35. The van der Waals surface area contributed by atoms with Crippen LogP contribution in [0, 0.1) is 0 Å². The maximum atomic E-state index is 12.7. The topological polar surface area (TPSA) is 47.6 Å². The summed E-state index contributed by atoms with van der Waals surface area (Å²) >= 11 is 0. The van der Waals surface area contributed by atoms with Crippen molar-refractivity contribution in [1.29, 1.82) is 0 Å². The lowest BCUT2D eigenvalue weighted by Crippen LogP contribution is -2.24. The average Bonchev–Trinajstić information content (AvgIpc) is 2.57. The Morgan fingerprint density at radius 2 is 1.30 bits per heavy atom. The maximum absolute atomic E-state index is 12.7. The molecule has 2 aromatic carbocycles. The monoisotopic (exact) mass is 333 g/mol. The highest BCUT2D eigenvalue weighted by Gasteiger charge is 2.25. The molecule has 124 valence electrons. The Bertz CT molecular complexity index is 569. The van der Waals surface area contributed by atoms with Crippen molar-refractivity contribution in [3.8, 4) is 0 Å². The van der Waals surface area contributed by atoms with Crippen LogP contribution in [0.4, 0.5) is 0 Å². The summed E-state index contributed by atoms with van der Waals surface area (Å²) in [7, 11) is -3.13. The fourth-order valence-electron chi connectivity index (χ4n) is 2.44. The summed E-state index contributed by atoms with van der Waals surface area (Å²) in [6.07, 6.45) is 0.170. The molecule has 0 aliphatic rings. The van der Waals surface area contributed by atoms with Crippen LogP contribution >= 0.6 is 7.60 Å². The molecule has 2 aromatic rings. The SMILES string of the molecule is CCOP(=O)(CNC(c1ccccc1)c1ccccc1)OCC. The van der Waals surface area contributed by atoms with Crippen molar-refractivity contribution >= 4 is 7.60 Å². The molecular formula is C18H24NO3P. The maximum Gasteiger partial charge on any atom is 0.344 e. The van der Waals surface area contributed by atoms with Crippen molar-refractivity contribution < 1.29 is 13.6 Å². The van der Waals surface area contributed by atoms with Crippen molar-refractivity contribution in [1.82, 2.24) is 5.32 Å². The summed E-state index contributed by atoms with van der Waals surface area (Å²) in [5.74, 6) is 0. The highest BCUT2D eigenvalue weighted by atomic mass is 31.2. The molecule has 0 aliphatic carbocycles. The van der Waals surface area contributed by atoms with Gasteiger partial charge in [0, 0.05) is 0 Å². The van der Waals surface area contributed by atoms with Crippen LogP contribution in [0.5, 0.6) is 0 Å². The molecule has 0 spiro atoms. The standard InChI is InChI=1S/C18H24NO3P/c1-3-21-23(20,22-4-2)15-19-18(16-11-7-5-8-12-16)17-13-9-6-10-14-17/h5-14,18-19H,3-4,15H2,1-2H3. The molecule has 0 saturated heterocycles. The van der Waals surface area contributed by atoms with Gasteiger partial charge in [0.25, 0.3) is 0 Å². The van der Waals surface area contributed by atoms with Gasteiger partial charge in [-0.25, -0.2) is 0 Å². The molecule has 0 aliphatic heterocycles. The molecule has 0 radical (unpaired) electrons. The van der Waals surface area contributed by atoms with Gasteiger partial charge in [-0.3, -0.25) is 9.88 Å². The third kappa shape index (κ3) is 5.29. The molecule has 0 fully saturated rings. The molecule has 2 rings (SSSR count). The Morgan fingerprint density at radius 1 is 0.870 bits per heavy atom. The van der Waals surface area contributed by atoms with Crippen molar-refractivity contribution in [3.05, 3.63) is 71.8 Å². The van der Waals surface area contributed by atoms with E-state index in [1.807, 2.05) is 50.2 Å². The molecule has 0 heterocycles. The lowest BCUT2D eigenvalue weighted by molar-refractivity contribution is 0.217. The molecule has 0 saturated carbocycles. The van der Waals surface area contributed by atoms with Gasteiger partial charge in [0.2, 0.25) is 0 Å². The normalized spacial score (nSPS) is 11.8. The van der Waals surface area contributed by atoms with Gasteiger partial charge in [-0.1, -0.05) is 60.7 Å². The fourth-order valence-corrected chi connectivity index (χ4v) is 3.89. The van der Waals surface area contributed by atoms with Crippen molar-refractivity contribution in [3.63, 3.8) is 0 Å². The van der Waals surface area contributed by atoms with Gasteiger partial charge >= 0.3 is 7.60 Å². The van der Waals surface area contributed by atoms with Crippen LogP contribution in [0.1, 0.15) is 31.0 Å². The highest BCUT2D eigenvalue weighted by molar-refractivity contribution is 7.53. The minimum absolute atomic E-state index is 0.0633. The lowest BCUT2D eigenvalue weighted by Gasteiger charge is -2.23. The summed E-state index contributed by atoms with van der Waals surface area (Å²) < 4.78 is 23.4. The van der Waals surface area contributed by atoms with E-state index in [-0.39, 0.29) is 12.3 Å². The van der Waals surface area contributed by atoms with Crippen molar-refractivity contribution in [2.24, 2.45) is 0 Å². The van der Waals surface area contributed by atoms with Gasteiger partial charge in [-0.05, 0) is 25.0 Å². The van der Waals surface area contributed by atoms with Crippen LogP contribution in [0.3, 0.4) is 0 Å². The predicted molar refractivity (Wildman–Crippen MR) is 93.6 cm³/mol. The van der Waals surface area contributed by atoms with Gasteiger partial charge < -0.3 is 9.05 Å². The molecule has 0 bridgehead atoms. The van der Waals surface area contributed by atoms with E-state index in [9.17, 15) is 4.57 Å². The second-order valence-corrected chi connectivity index (χ2v) is 7.12. The quantitative estimate of drug-likeness (QED) is 0.682.